The number of hydrogen-bond acceptors (Lipinski definition) is 23. The summed E-state index contributed by atoms with van der Waals surface area (Å²) in [5.74, 6) is 2.31. The molecule has 0 spiro atoms. The van der Waals surface area contributed by atoms with Crippen molar-refractivity contribution >= 4 is 95.6 Å². The van der Waals surface area contributed by atoms with E-state index in [0.29, 0.717) is 164 Å². The van der Waals surface area contributed by atoms with Crippen molar-refractivity contribution in [2.45, 2.75) is 130 Å². The first-order valence-corrected chi connectivity index (χ1v) is 36.8. The second kappa shape index (κ2) is 35.7. The molecule has 0 bridgehead atoms. The first-order valence-electron chi connectivity index (χ1n) is 36.8. The molecule has 2 aromatic heterocycles. The Morgan fingerprint density at radius 1 is 0.393 bits per heavy atom. The molecule has 586 valence electrons. The zero-order valence-electron chi connectivity index (χ0n) is 63.9. The van der Waals surface area contributed by atoms with Gasteiger partial charge in [0.1, 0.15) is 37.9 Å². The van der Waals surface area contributed by atoms with Gasteiger partial charge in [-0.3, -0.25) is 58.7 Å². The molecule has 4 fully saturated rings. The first kappa shape index (κ1) is 79.5. The number of nitrogens with zero attached hydrogens (tertiary/aromatic N) is 10. The number of hydrogen-bond donors (Lipinski definition) is 1. The summed E-state index contributed by atoms with van der Waals surface area (Å²) in [7, 11) is 7.41. The van der Waals surface area contributed by atoms with Gasteiger partial charge >= 0.3 is 11.9 Å². The van der Waals surface area contributed by atoms with Crippen LogP contribution in [0, 0.1) is 0 Å². The van der Waals surface area contributed by atoms with E-state index in [2.05, 4.69) is 20.0 Å². The van der Waals surface area contributed by atoms with Crippen molar-refractivity contribution in [3.63, 3.8) is 0 Å². The minimum Gasteiger partial charge on any atom is -0.493 e. The van der Waals surface area contributed by atoms with Crippen molar-refractivity contribution in [1.82, 2.24) is 29.6 Å². The topological polar surface area (TPSA) is 312 Å². The number of carboxylic acids is 1. The summed E-state index contributed by atoms with van der Waals surface area (Å²) in [6.45, 7) is 10.6. The molecule has 8 aliphatic rings. The first-order chi connectivity index (χ1) is 53.9. The number of ether oxygens (including phenoxy) is 11. The molecule has 1 N–H and O–H groups in total. The highest BCUT2D eigenvalue weighted by molar-refractivity contribution is 6.07. The SMILES string of the molecule is C/C=C1\C[C@H]2C=Nc3cc(OCc4cc(OCCCC(=O)O)cc(COc5cc6c(cc5OC)C(=O)N5C/C(=C/C)C[C@H]5C=N6)n4)c(OC)cc3C(=O)N2C1.C/C=C1\C[C@H]2C=Nc3cc(OCc4cc(OCCCC(=O)OC)cc(COc5cc6c(cc5OC)C(=O)N5C/C(=C/C)C[C@H]5C=N6)n4)c(OC)cc3C(=O)N2C1.Cl. The third-order valence-electron chi connectivity index (χ3n) is 20.4. The van der Waals surface area contributed by atoms with E-state index in [0.717, 1.165) is 25.7 Å². The van der Waals surface area contributed by atoms with Crippen molar-refractivity contribution in [1.29, 1.82) is 0 Å². The molecule has 6 aromatic rings. The second-order valence-electron chi connectivity index (χ2n) is 27.4. The Labute approximate surface area is 654 Å². The third kappa shape index (κ3) is 17.7. The minimum absolute atomic E-state index is 0. The fourth-order valence-electron chi connectivity index (χ4n) is 14.3. The molecule has 4 atom stereocenters. The number of aliphatic carboxylic acids is 1. The zero-order valence-corrected chi connectivity index (χ0v) is 64.7. The maximum Gasteiger partial charge on any atom is 0.305 e. The van der Waals surface area contributed by atoms with Crippen LogP contribution < -0.4 is 47.4 Å². The molecule has 0 saturated carbocycles. The van der Waals surface area contributed by atoms with Crippen LogP contribution in [0.15, 0.2) is 139 Å². The van der Waals surface area contributed by atoms with Crippen LogP contribution in [0.2, 0.25) is 0 Å². The molecule has 4 saturated heterocycles. The number of methoxy groups -OCH3 is 5. The Balaban J connectivity index is 0.000000206. The fraction of sp³-hybridized carbons (Fsp3) is 0.373. The van der Waals surface area contributed by atoms with E-state index >= 15 is 0 Å². The molecule has 0 unspecified atom stereocenters. The number of allylic oxidation sites excluding steroid dienone is 4. The van der Waals surface area contributed by atoms with Gasteiger partial charge in [-0.25, -0.2) is 0 Å². The van der Waals surface area contributed by atoms with E-state index in [1.807, 2.05) is 84.0 Å². The summed E-state index contributed by atoms with van der Waals surface area (Å²) in [6, 6.07) is 19.9. The Kier molecular flexibility index (Phi) is 25.4. The molecular formula is C83H89ClN10O18. The van der Waals surface area contributed by atoms with Crippen molar-refractivity contribution in [3.05, 3.63) is 164 Å². The summed E-state index contributed by atoms with van der Waals surface area (Å²) in [4.78, 5) is 113. The number of fused-ring (bicyclic) bond motifs is 8. The Morgan fingerprint density at radius 3 is 0.902 bits per heavy atom. The standard InChI is InChI=1S/C42H45N5O9.C41H43N5O9.ClH/c1-6-25-11-29-19-43-34-17-38(36(51-3)15-32(34)41(49)46(29)21-25)55-23-27-13-31(54-10-8-9-40(48)53-5)14-28(45-27)24-56-39-18-35-33(16-37(39)52-4)42(50)47-22-26(7-2)12-30(47)20-44-35;1-5-24-10-28-18-42-33-16-37(35(51-3)14-31(33)40(49)45(28)20-24)54-22-26-12-30(53-9-7-8-39(47)48)13-27(44-26)23-55-38-17-34-32(15-36(38)52-4)41(50)46-21-25(6-2)11-29(46)19-43-34;/h6-7,13-20,29-30H,8-12,21-24H2,1-5H3;5-6,12-19,28-29H,7-11,20-23H2,1-4H3,(H,47,48);1H/b25-6+,26-7+;24-5+,25-6+;/t29-,30-;28-,29-;/m00./s1. The molecule has 4 aromatic carbocycles. The highest BCUT2D eigenvalue weighted by Crippen LogP contribution is 2.45. The number of carbonyl (C=O) groups is 6. The number of amides is 4. The predicted molar refractivity (Wildman–Crippen MR) is 420 cm³/mol. The largest absolute Gasteiger partial charge is 0.493 e. The van der Waals surface area contributed by atoms with Gasteiger partial charge in [0.15, 0.2) is 46.0 Å². The number of rotatable bonds is 26. The highest BCUT2D eigenvalue weighted by atomic mass is 35.5. The molecule has 112 heavy (non-hydrogen) atoms. The molecule has 0 radical (unpaired) electrons. The van der Waals surface area contributed by atoms with E-state index in [9.17, 15) is 28.8 Å². The third-order valence-corrected chi connectivity index (χ3v) is 20.4. The summed E-state index contributed by atoms with van der Waals surface area (Å²) in [5.41, 5.74) is 10.5. The van der Waals surface area contributed by atoms with Crippen LogP contribution in [-0.2, 0) is 40.8 Å². The number of aliphatic imine (C=N–C) groups is 4. The molecule has 10 heterocycles. The van der Waals surface area contributed by atoms with Crippen molar-refractivity contribution in [3.8, 4) is 57.5 Å². The quantitative estimate of drug-likeness (QED) is 0.0299. The Morgan fingerprint density at radius 2 is 0.661 bits per heavy atom. The molecular weight excluding hydrogens is 1460 g/mol. The molecule has 14 rings (SSSR count). The molecule has 0 aliphatic carbocycles. The highest BCUT2D eigenvalue weighted by Gasteiger charge is 2.39. The van der Waals surface area contributed by atoms with E-state index in [4.69, 9.17) is 67.2 Å². The Hall–Kier alpha value is -12.1. The number of esters is 1. The van der Waals surface area contributed by atoms with Crippen LogP contribution in [-0.4, -0.2) is 194 Å². The van der Waals surface area contributed by atoms with E-state index < -0.39 is 5.97 Å². The normalized spacial score (nSPS) is 19.5. The van der Waals surface area contributed by atoms with Gasteiger partial charge < -0.3 is 76.8 Å². The van der Waals surface area contributed by atoms with Crippen LogP contribution in [0.4, 0.5) is 22.7 Å². The maximum atomic E-state index is 13.6. The maximum absolute atomic E-state index is 13.6. The molecule has 28 nitrogen and oxygen atoms in total. The van der Waals surface area contributed by atoms with Crippen LogP contribution in [0.5, 0.6) is 57.5 Å². The summed E-state index contributed by atoms with van der Waals surface area (Å²) >= 11 is 0. The van der Waals surface area contributed by atoms with Crippen LogP contribution in [0.3, 0.4) is 0 Å². The molecule has 4 amide bonds. The van der Waals surface area contributed by atoms with Gasteiger partial charge in [-0.1, -0.05) is 46.6 Å². The van der Waals surface area contributed by atoms with E-state index in [1.165, 1.54) is 57.8 Å². The van der Waals surface area contributed by atoms with Crippen LogP contribution in [0.1, 0.15) is 143 Å². The lowest BCUT2D eigenvalue weighted by Gasteiger charge is -2.20. The van der Waals surface area contributed by atoms with E-state index in [1.54, 1.807) is 85.2 Å². The average molecular weight is 1550 g/mol. The van der Waals surface area contributed by atoms with Gasteiger partial charge in [-0.15, -0.1) is 12.4 Å². The number of pyridine rings is 2. The lowest BCUT2D eigenvalue weighted by atomic mass is 10.1. The van der Waals surface area contributed by atoms with Crippen LogP contribution >= 0.6 is 12.4 Å². The lowest BCUT2D eigenvalue weighted by Crippen LogP contribution is -2.35. The average Bonchev–Trinajstić information content (AvgIpc) is 1.65. The predicted octanol–water partition coefficient (Wildman–Crippen LogP) is 13.0. The number of halogens is 1. The van der Waals surface area contributed by atoms with Crippen molar-refractivity contribution in [2.75, 3.05) is 74.9 Å². The minimum atomic E-state index is -0.908. The van der Waals surface area contributed by atoms with Crippen molar-refractivity contribution in [2.24, 2.45) is 20.0 Å². The number of benzene rings is 4. The van der Waals surface area contributed by atoms with Gasteiger partial charge in [0.25, 0.3) is 23.6 Å². The zero-order chi connectivity index (χ0) is 78.0. The van der Waals surface area contributed by atoms with Gasteiger partial charge in [0, 0.05) is 112 Å². The summed E-state index contributed by atoms with van der Waals surface area (Å²) in [5, 5.41) is 9.09. The number of carbonyl (C=O) groups excluding carboxylic acids is 5. The van der Waals surface area contributed by atoms with Crippen molar-refractivity contribution < 1.29 is 86.0 Å². The second-order valence-corrected chi connectivity index (χ2v) is 27.4. The Bertz CT molecular complexity index is 4640. The van der Waals surface area contributed by atoms with Crippen LogP contribution in [0.25, 0.3) is 0 Å². The monoisotopic (exact) mass is 1550 g/mol. The molecule has 8 aliphatic heterocycles. The van der Waals surface area contributed by atoms with Gasteiger partial charge in [0.05, 0.1) is 141 Å². The van der Waals surface area contributed by atoms with Gasteiger partial charge in [-0.05, 0) is 90.5 Å². The number of aromatic nitrogens is 2. The van der Waals surface area contributed by atoms with E-state index in [-0.39, 0.29) is 119 Å². The lowest BCUT2D eigenvalue weighted by molar-refractivity contribution is -0.141. The van der Waals surface area contributed by atoms with Gasteiger partial charge in [-0.2, -0.15) is 0 Å². The summed E-state index contributed by atoms with van der Waals surface area (Å²) in [6.07, 6.45) is 19.4. The smallest absolute Gasteiger partial charge is 0.305 e. The molecule has 29 heteroatoms. The fourth-order valence-corrected chi connectivity index (χ4v) is 14.3. The summed E-state index contributed by atoms with van der Waals surface area (Å²) < 4.78 is 64.4. The number of carboxylic acid groups (broad SMARTS) is 1. The van der Waals surface area contributed by atoms with Gasteiger partial charge in [0.2, 0.25) is 0 Å².